The highest BCUT2D eigenvalue weighted by Gasteiger charge is 2.34. The van der Waals surface area contributed by atoms with E-state index in [9.17, 15) is 17.6 Å². The summed E-state index contributed by atoms with van der Waals surface area (Å²) >= 11 is 0. The van der Waals surface area contributed by atoms with Crippen LogP contribution in [-0.4, -0.2) is 31.4 Å². The molecular formula is C24H22F4N6O. The average Bonchev–Trinajstić information content (AvgIpc) is 3.44. The van der Waals surface area contributed by atoms with Gasteiger partial charge in [-0.25, -0.2) is 14.1 Å². The molecule has 11 heteroatoms. The number of ether oxygens (including phenoxy) is 1. The molecule has 0 saturated carbocycles. The van der Waals surface area contributed by atoms with Crippen LogP contribution in [-0.2, 0) is 12.7 Å². The van der Waals surface area contributed by atoms with Crippen molar-refractivity contribution in [3.05, 3.63) is 77.4 Å². The second-order valence-corrected chi connectivity index (χ2v) is 8.38. The highest BCUT2D eigenvalue weighted by atomic mass is 19.4. The lowest BCUT2D eigenvalue weighted by atomic mass is 9.89. The Kier molecular flexibility index (Phi) is 5.70. The van der Waals surface area contributed by atoms with Gasteiger partial charge in [0.1, 0.15) is 17.4 Å². The van der Waals surface area contributed by atoms with E-state index in [1.165, 1.54) is 0 Å². The van der Waals surface area contributed by atoms with Gasteiger partial charge in [-0.15, -0.1) is 5.10 Å². The van der Waals surface area contributed by atoms with Crippen molar-refractivity contribution >= 4 is 11.6 Å². The molecule has 5 rings (SSSR count). The van der Waals surface area contributed by atoms with Gasteiger partial charge in [-0.1, -0.05) is 0 Å². The van der Waals surface area contributed by atoms with Crippen LogP contribution >= 0.6 is 0 Å². The van der Waals surface area contributed by atoms with Crippen molar-refractivity contribution in [1.82, 2.24) is 24.3 Å². The number of hydrogen-bond acceptors (Lipinski definition) is 5. The molecule has 3 heterocycles. The maximum absolute atomic E-state index is 14.6. The van der Waals surface area contributed by atoms with Gasteiger partial charge in [0.15, 0.2) is 0 Å². The van der Waals surface area contributed by atoms with Crippen molar-refractivity contribution in [2.75, 3.05) is 12.4 Å². The molecular weight excluding hydrogens is 464 g/mol. The number of nitrogens with one attached hydrogen (secondary N) is 1. The Morgan fingerprint density at radius 3 is 2.69 bits per heavy atom. The Morgan fingerprint density at radius 1 is 1.14 bits per heavy atom. The standard InChI is InChI=1S/C24H22F4N6O/c1-14-12-33(13-29-14)20-8-6-16(11-21(20)35-2)30-23-31-22-17(4-3-9-34(22)32-23)18-10-15(24(26,27)28)5-7-19(18)25/h5-8,10-13,17H,3-4,9H2,1-2H3,(H,30,32). The van der Waals surface area contributed by atoms with Gasteiger partial charge in [-0.3, -0.25) is 0 Å². The molecule has 0 spiro atoms. The molecule has 35 heavy (non-hydrogen) atoms. The Morgan fingerprint density at radius 2 is 1.97 bits per heavy atom. The van der Waals surface area contributed by atoms with E-state index in [1.54, 1.807) is 24.2 Å². The first-order valence-electron chi connectivity index (χ1n) is 11.0. The number of benzene rings is 2. The number of hydrogen-bond donors (Lipinski definition) is 1. The van der Waals surface area contributed by atoms with Crippen LogP contribution in [0.4, 0.5) is 29.2 Å². The fraction of sp³-hybridized carbons (Fsp3) is 0.292. The van der Waals surface area contributed by atoms with E-state index in [1.807, 2.05) is 29.8 Å². The van der Waals surface area contributed by atoms with Gasteiger partial charge in [0, 0.05) is 30.4 Å². The summed E-state index contributed by atoms with van der Waals surface area (Å²) < 4.78 is 63.3. The maximum Gasteiger partial charge on any atom is 0.416 e. The lowest BCUT2D eigenvalue weighted by molar-refractivity contribution is -0.137. The van der Waals surface area contributed by atoms with Crippen LogP contribution in [0.1, 0.15) is 41.4 Å². The van der Waals surface area contributed by atoms with Crippen molar-refractivity contribution in [1.29, 1.82) is 0 Å². The molecule has 1 unspecified atom stereocenters. The smallest absolute Gasteiger partial charge is 0.416 e. The molecule has 2 aromatic heterocycles. The van der Waals surface area contributed by atoms with E-state index in [2.05, 4.69) is 20.4 Å². The minimum atomic E-state index is -4.56. The molecule has 0 fully saturated rings. The molecule has 1 atom stereocenters. The summed E-state index contributed by atoms with van der Waals surface area (Å²) in [5, 5.41) is 7.58. The second-order valence-electron chi connectivity index (χ2n) is 8.38. The first kappa shape index (κ1) is 22.9. The number of rotatable bonds is 5. The first-order valence-corrected chi connectivity index (χ1v) is 11.0. The molecule has 0 bridgehead atoms. The molecule has 1 aliphatic heterocycles. The van der Waals surface area contributed by atoms with Crippen LogP contribution < -0.4 is 10.1 Å². The lowest BCUT2D eigenvalue weighted by Gasteiger charge is -2.23. The van der Waals surface area contributed by atoms with Crippen LogP contribution in [0.2, 0.25) is 0 Å². The van der Waals surface area contributed by atoms with Crippen LogP contribution in [0.25, 0.3) is 5.69 Å². The number of aromatic nitrogens is 5. The van der Waals surface area contributed by atoms with Gasteiger partial charge >= 0.3 is 6.18 Å². The third kappa shape index (κ3) is 4.45. The zero-order valence-electron chi connectivity index (χ0n) is 19.0. The predicted molar refractivity (Wildman–Crippen MR) is 121 cm³/mol. The van der Waals surface area contributed by atoms with Crippen LogP contribution in [0, 0.1) is 12.7 Å². The number of methoxy groups -OCH3 is 1. The van der Waals surface area contributed by atoms with Crippen molar-refractivity contribution < 1.29 is 22.3 Å². The molecule has 4 aromatic rings. The molecule has 1 aliphatic rings. The second kappa shape index (κ2) is 8.71. The summed E-state index contributed by atoms with van der Waals surface area (Å²) in [5.41, 5.74) is 1.42. The normalized spacial score (nSPS) is 15.7. The number of fused-ring (bicyclic) bond motifs is 1. The summed E-state index contributed by atoms with van der Waals surface area (Å²) in [7, 11) is 1.56. The summed E-state index contributed by atoms with van der Waals surface area (Å²) in [6, 6.07) is 7.97. The van der Waals surface area contributed by atoms with Gasteiger partial charge in [0.05, 0.1) is 30.4 Å². The molecule has 2 aromatic carbocycles. The molecule has 1 N–H and O–H groups in total. The van der Waals surface area contributed by atoms with Gasteiger partial charge in [0.2, 0.25) is 5.95 Å². The van der Waals surface area contributed by atoms with Gasteiger partial charge in [-0.2, -0.15) is 18.2 Å². The predicted octanol–water partition coefficient (Wildman–Crippen LogP) is 5.61. The minimum Gasteiger partial charge on any atom is -0.494 e. The van der Waals surface area contributed by atoms with Crippen molar-refractivity contribution in [2.45, 2.75) is 38.4 Å². The topological polar surface area (TPSA) is 69.8 Å². The van der Waals surface area contributed by atoms with Gasteiger partial charge in [0.25, 0.3) is 0 Å². The molecule has 0 saturated heterocycles. The first-order chi connectivity index (χ1) is 16.7. The number of halogens is 4. The average molecular weight is 486 g/mol. The van der Waals surface area contributed by atoms with Crippen LogP contribution in [0.3, 0.4) is 0 Å². The Hall–Kier alpha value is -3.89. The monoisotopic (exact) mass is 486 g/mol. The number of nitrogens with zero attached hydrogens (tertiary/aromatic N) is 5. The van der Waals surface area contributed by atoms with Crippen molar-refractivity contribution in [2.24, 2.45) is 0 Å². The third-order valence-electron chi connectivity index (χ3n) is 6.00. The van der Waals surface area contributed by atoms with E-state index < -0.39 is 23.5 Å². The number of anilines is 2. The van der Waals surface area contributed by atoms with E-state index in [4.69, 9.17) is 4.74 Å². The zero-order chi connectivity index (χ0) is 24.7. The van der Waals surface area contributed by atoms with Crippen LogP contribution in [0.5, 0.6) is 5.75 Å². The third-order valence-corrected chi connectivity index (χ3v) is 6.00. The van der Waals surface area contributed by atoms with E-state index in [-0.39, 0.29) is 11.5 Å². The maximum atomic E-state index is 14.6. The largest absolute Gasteiger partial charge is 0.494 e. The fourth-order valence-electron chi connectivity index (χ4n) is 4.34. The van der Waals surface area contributed by atoms with Crippen molar-refractivity contribution in [3.63, 3.8) is 0 Å². The molecule has 0 radical (unpaired) electrons. The molecule has 182 valence electrons. The SMILES string of the molecule is COc1cc(Nc2nc3n(n2)CCCC3c2cc(C(F)(F)F)ccc2F)ccc1-n1cnc(C)c1. The van der Waals surface area contributed by atoms with E-state index in [0.717, 1.165) is 29.6 Å². The summed E-state index contributed by atoms with van der Waals surface area (Å²) in [5.74, 6) is -0.0261. The van der Waals surface area contributed by atoms with Gasteiger partial charge in [-0.05, 0) is 55.7 Å². The number of imidazole rings is 1. The summed E-state index contributed by atoms with van der Waals surface area (Å²) in [4.78, 5) is 8.75. The number of alkyl halides is 3. The Balaban J connectivity index is 1.44. The quantitative estimate of drug-likeness (QED) is 0.372. The number of aryl methyl sites for hydroxylation is 2. The fourth-order valence-corrected chi connectivity index (χ4v) is 4.34. The van der Waals surface area contributed by atoms with E-state index >= 15 is 0 Å². The van der Waals surface area contributed by atoms with E-state index in [0.29, 0.717) is 36.6 Å². The summed E-state index contributed by atoms with van der Waals surface area (Å²) in [6.45, 7) is 2.44. The summed E-state index contributed by atoms with van der Waals surface area (Å²) in [6.07, 6.45) is 0.131. The zero-order valence-corrected chi connectivity index (χ0v) is 19.0. The van der Waals surface area contributed by atoms with Crippen molar-refractivity contribution in [3.8, 4) is 11.4 Å². The molecule has 0 aliphatic carbocycles. The van der Waals surface area contributed by atoms with Gasteiger partial charge < -0.3 is 14.6 Å². The minimum absolute atomic E-state index is 0.0265. The molecule has 7 nitrogen and oxygen atoms in total. The molecule has 0 amide bonds. The highest BCUT2D eigenvalue weighted by Crippen LogP contribution is 2.38. The van der Waals surface area contributed by atoms with Crippen LogP contribution in [0.15, 0.2) is 48.9 Å². The highest BCUT2D eigenvalue weighted by molar-refractivity contribution is 5.62. The lowest BCUT2D eigenvalue weighted by Crippen LogP contribution is -2.19. The Bertz CT molecular complexity index is 1380. The Labute approximate surface area is 198 Å².